The summed E-state index contributed by atoms with van der Waals surface area (Å²) in [4.78, 5) is 1.19. The van der Waals surface area contributed by atoms with Gasteiger partial charge in [-0.05, 0) is 36.4 Å². The van der Waals surface area contributed by atoms with E-state index in [0.29, 0.717) is 11.6 Å². The quantitative estimate of drug-likeness (QED) is 0.732. The molecule has 0 saturated heterocycles. The molecule has 2 rings (SSSR count). The van der Waals surface area contributed by atoms with E-state index in [9.17, 15) is 0 Å². The molecular formula is C15H15ClOS. The molecule has 0 N–H and O–H groups in total. The van der Waals surface area contributed by atoms with Gasteiger partial charge in [-0.1, -0.05) is 41.9 Å². The Morgan fingerprint density at radius 3 is 2.50 bits per heavy atom. The largest absolute Gasteiger partial charge is 0.487 e. The lowest BCUT2D eigenvalue weighted by molar-refractivity contribution is 0.306. The highest BCUT2D eigenvalue weighted by molar-refractivity contribution is 7.98. The Morgan fingerprint density at radius 1 is 1.11 bits per heavy atom. The summed E-state index contributed by atoms with van der Waals surface area (Å²) >= 11 is 8.00. The fraction of sp³-hybridized carbons (Fsp3) is 0.200. The van der Waals surface area contributed by atoms with Gasteiger partial charge in [0.05, 0.1) is 5.02 Å². The highest BCUT2D eigenvalue weighted by Crippen LogP contribution is 2.34. The number of ether oxygens (including phenoxy) is 1. The molecule has 0 aliphatic heterocycles. The van der Waals surface area contributed by atoms with Crippen LogP contribution in [0.15, 0.2) is 47.4 Å². The van der Waals surface area contributed by atoms with Crippen molar-refractivity contribution in [2.75, 3.05) is 6.26 Å². The second-order valence-electron chi connectivity index (χ2n) is 3.98. The summed E-state index contributed by atoms with van der Waals surface area (Å²) in [5.41, 5.74) is 2.22. The van der Waals surface area contributed by atoms with E-state index in [-0.39, 0.29) is 0 Å². The number of rotatable bonds is 4. The van der Waals surface area contributed by atoms with E-state index in [2.05, 4.69) is 0 Å². The van der Waals surface area contributed by atoms with Crippen LogP contribution >= 0.6 is 23.4 Å². The van der Waals surface area contributed by atoms with Crippen molar-refractivity contribution in [3.8, 4) is 5.75 Å². The smallest absolute Gasteiger partial charge is 0.138 e. The van der Waals surface area contributed by atoms with E-state index in [1.807, 2.05) is 55.6 Å². The van der Waals surface area contributed by atoms with Crippen LogP contribution in [0.2, 0.25) is 5.02 Å². The molecule has 0 aromatic heterocycles. The molecule has 3 heteroatoms. The van der Waals surface area contributed by atoms with Gasteiger partial charge in [0.1, 0.15) is 12.4 Å². The molecule has 0 saturated carbocycles. The van der Waals surface area contributed by atoms with Crippen LogP contribution in [0.1, 0.15) is 11.1 Å². The lowest BCUT2D eigenvalue weighted by Crippen LogP contribution is -1.96. The molecule has 0 fully saturated rings. The van der Waals surface area contributed by atoms with E-state index in [0.717, 1.165) is 16.9 Å². The van der Waals surface area contributed by atoms with E-state index in [1.54, 1.807) is 11.8 Å². The van der Waals surface area contributed by atoms with Crippen LogP contribution in [0.3, 0.4) is 0 Å². The molecule has 0 amide bonds. The zero-order chi connectivity index (χ0) is 13.0. The maximum atomic E-state index is 6.31. The van der Waals surface area contributed by atoms with Crippen LogP contribution in [0.4, 0.5) is 0 Å². The standard InChI is InChI=1S/C15H15ClOS/c1-11-14(18-2)9-8-13(15(11)16)17-10-12-6-4-3-5-7-12/h3-9H,10H2,1-2H3. The van der Waals surface area contributed by atoms with Gasteiger partial charge in [-0.3, -0.25) is 0 Å². The molecule has 0 bridgehead atoms. The van der Waals surface area contributed by atoms with Gasteiger partial charge in [-0.25, -0.2) is 0 Å². The minimum absolute atomic E-state index is 0.540. The molecule has 2 aromatic rings. The monoisotopic (exact) mass is 278 g/mol. The third kappa shape index (κ3) is 3.01. The van der Waals surface area contributed by atoms with Crippen molar-refractivity contribution in [3.05, 3.63) is 58.6 Å². The first-order chi connectivity index (χ1) is 8.72. The van der Waals surface area contributed by atoms with Gasteiger partial charge in [0.25, 0.3) is 0 Å². The van der Waals surface area contributed by atoms with Crippen LogP contribution in [0.5, 0.6) is 5.75 Å². The van der Waals surface area contributed by atoms with Gasteiger partial charge >= 0.3 is 0 Å². The second-order valence-corrected chi connectivity index (χ2v) is 5.21. The highest BCUT2D eigenvalue weighted by atomic mass is 35.5. The van der Waals surface area contributed by atoms with Crippen molar-refractivity contribution in [2.24, 2.45) is 0 Å². The van der Waals surface area contributed by atoms with Crippen LogP contribution < -0.4 is 4.74 Å². The molecule has 0 heterocycles. The number of halogens is 1. The SMILES string of the molecule is CSc1ccc(OCc2ccccc2)c(Cl)c1C. The molecular weight excluding hydrogens is 264 g/mol. The average Bonchev–Trinajstić information content (AvgIpc) is 2.42. The van der Waals surface area contributed by atoms with Crippen molar-refractivity contribution in [1.82, 2.24) is 0 Å². The number of hydrogen-bond acceptors (Lipinski definition) is 2. The molecule has 0 atom stereocenters. The van der Waals surface area contributed by atoms with Crippen molar-refractivity contribution < 1.29 is 4.74 Å². The van der Waals surface area contributed by atoms with E-state index in [4.69, 9.17) is 16.3 Å². The van der Waals surface area contributed by atoms with Crippen LogP contribution in [-0.2, 0) is 6.61 Å². The molecule has 2 aromatic carbocycles. The topological polar surface area (TPSA) is 9.23 Å². The lowest BCUT2D eigenvalue weighted by Gasteiger charge is -2.12. The zero-order valence-electron chi connectivity index (χ0n) is 10.4. The number of benzene rings is 2. The Morgan fingerprint density at radius 2 is 1.83 bits per heavy atom. The van der Waals surface area contributed by atoms with Crippen molar-refractivity contribution in [1.29, 1.82) is 0 Å². The summed E-state index contributed by atoms with van der Waals surface area (Å²) in [5, 5.41) is 0.706. The Hall–Kier alpha value is -1.12. The van der Waals surface area contributed by atoms with Gasteiger partial charge in [0.2, 0.25) is 0 Å². The Labute approximate surface area is 117 Å². The van der Waals surface area contributed by atoms with Gasteiger partial charge in [-0.15, -0.1) is 11.8 Å². The van der Waals surface area contributed by atoms with Crippen LogP contribution in [0.25, 0.3) is 0 Å². The summed E-state index contributed by atoms with van der Waals surface area (Å²) in [7, 11) is 0. The molecule has 0 spiro atoms. The van der Waals surface area contributed by atoms with Crippen LogP contribution in [0, 0.1) is 6.92 Å². The average molecular weight is 279 g/mol. The minimum Gasteiger partial charge on any atom is -0.487 e. The molecule has 0 aliphatic rings. The Bertz CT molecular complexity index is 526. The van der Waals surface area contributed by atoms with Crippen molar-refractivity contribution in [2.45, 2.75) is 18.4 Å². The predicted molar refractivity (Wildman–Crippen MR) is 78.7 cm³/mol. The van der Waals surface area contributed by atoms with Gasteiger partial charge in [0, 0.05) is 4.90 Å². The number of hydrogen-bond donors (Lipinski definition) is 0. The van der Waals surface area contributed by atoms with Crippen LogP contribution in [-0.4, -0.2) is 6.26 Å². The maximum Gasteiger partial charge on any atom is 0.138 e. The fourth-order valence-corrected chi connectivity index (χ4v) is 2.60. The first kappa shape index (κ1) is 13.3. The van der Waals surface area contributed by atoms with E-state index in [1.165, 1.54) is 4.90 Å². The molecule has 1 nitrogen and oxygen atoms in total. The second kappa shape index (κ2) is 6.17. The van der Waals surface area contributed by atoms with Gasteiger partial charge in [0.15, 0.2) is 0 Å². The van der Waals surface area contributed by atoms with Crippen molar-refractivity contribution >= 4 is 23.4 Å². The van der Waals surface area contributed by atoms with E-state index < -0.39 is 0 Å². The Kier molecular flexibility index (Phi) is 4.56. The molecule has 94 valence electrons. The fourth-order valence-electron chi connectivity index (χ4n) is 1.71. The predicted octanol–water partition coefficient (Wildman–Crippen LogP) is 4.95. The molecule has 0 unspecified atom stereocenters. The van der Waals surface area contributed by atoms with Crippen molar-refractivity contribution in [3.63, 3.8) is 0 Å². The third-order valence-electron chi connectivity index (χ3n) is 2.76. The summed E-state index contributed by atoms with van der Waals surface area (Å²) in [6.07, 6.45) is 2.04. The molecule has 0 aliphatic carbocycles. The summed E-state index contributed by atoms with van der Waals surface area (Å²) in [6, 6.07) is 14.1. The van der Waals surface area contributed by atoms with Gasteiger partial charge < -0.3 is 4.74 Å². The minimum atomic E-state index is 0.540. The lowest BCUT2D eigenvalue weighted by atomic mass is 10.2. The van der Waals surface area contributed by atoms with E-state index >= 15 is 0 Å². The first-order valence-electron chi connectivity index (χ1n) is 5.72. The van der Waals surface area contributed by atoms with Gasteiger partial charge in [-0.2, -0.15) is 0 Å². The normalized spacial score (nSPS) is 10.4. The first-order valence-corrected chi connectivity index (χ1v) is 7.32. The molecule has 0 radical (unpaired) electrons. The Balaban J connectivity index is 2.13. The molecule has 18 heavy (non-hydrogen) atoms. The highest BCUT2D eigenvalue weighted by Gasteiger charge is 2.08. The summed E-state index contributed by atoms with van der Waals surface area (Å²) in [6.45, 7) is 2.56. The summed E-state index contributed by atoms with van der Waals surface area (Å²) < 4.78 is 5.76. The maximum absolute atomic E-state index is 6.31. The zero-order valence-corrected chi connectivity index (χ0v) is 12.0. The third-order valence-corrected chi connectivity index (χ3v) is 4.11. The summed E-state index contributed by atoms with van der Waals surface area (Å²) in [5.74, 6) is 0.746. The number of thioether (sulfide) groups is 1.